The minimum atomic E-state index is -3.41. The average Bonchev–Trinajstić information content (AvgIpc) is 2.48. The van der Waals surface area contributed by atoms with Crippen LogP contribution in [0, 0.1) is 11.8 Å². The first-order valence-corrected chi connectivity index (χ1v) is 9.24. The zero-order chi connectivity index (χ0) is 15.5. The van der Waals surface area contributed by atoms with Crippen LogP contribution in [0.4, 0.5) is 5.69 Å². The summed E-state index contributed by atoms with van der Waals surface area (Å²) in [6.07, 6.45) is 1.90. The Kier molecular flexibility index (Phi) is 5.27. The molecule has 118 valence electrons. The van der Waals surface area contributed by atoms with E-state index in [1.165, 1.54) is 0 Å². The third-order valence-corrected chi connectivity index (χ3v) is 6.29. The van der Waals surface area contributed by atoms with Gasteiger partial charge in [-0.2, -0.15) is 4.31 Å². The molecule has 1 aromatic rings. The SMILES string of the molecule is CCCNc1ccccc1S(=O)(=O)N1CCC(C)C(C)C1. The third-order valence-electron chi connectivity index (χ3n) is 4.37. The van der Waals surface area contributed by atoms with Gasteiger partial charge in [-0.3, -0.25) is 0 Å². The molecule has 0 aromatic heterocycles. The summed E-state index contributed by atoms with van der Waals surface area (Å²) in [6, 6.07) is 7.21. The van der Waals surface area contributed by atoms with Crippen LogP contribution < -0.4 is 5.32 Å². The highest BCUT2D eigenvalue weighted by atomic mass is 32.2. The summed E-state index contributed by atoms with van der Waals surface area (Å²) in [4.78, 5) is 0.403. The highest BCUT2D eigenvalue weighted by Gasteiger charge is 2.32. The standard InChI is InChI=1S/C16H26N2O2S/c1-4-10-17-15-7-5-6-8-16(15)21(19,20)18-11-9-13(2)14(3)12-18/h5-8,13-14,17H,4,9-12H2,1-3H3. The normalized spacial score (nSPS) is 24.0. The lowest BCUT2D eigenvalue weighted by Gasteiger charge is -2.34. The molecule has 5 heteroatoms. The number of nitrogens with zero attached hydrogens (tertiary/aromatic N) is 1. The van der Waals surface area contributed by atoms with Crippen LogP contribution in [0.25, 0.3) is 0 Å². The van der Waals surface area contributed by atoms with Gasteiger partial charge in [0.15, 0.2) is 0 Å². The Labute approximate surface area is 128 Å². The molecule has 21 heavy (non-hydrogen) atoms. The van der Waals surface area contributed by atoms with E-state index in [0.717, 1.165) is 19.4 Å². The second-order valence-corrected chi connectivity index (χ2v) is 7.94. The van der Waals surface area contributed by atoms with Gasteiger partial charge in [0.25, 0.3) is 0 Å². The van der Waals surface area contributed by atoms with Crippen molar-refractivity contribution in [3.8, 4) is 0 Å². The summed E-state index contributed by atoms with van der Waals surface area (Å²) in [5.74, 6) is 0.995. The predicted molar refractivity (Wildman–Crippen MR) is 86.9 cm³/mol. The fourth-order valence-corrected chi connectivity index (χ4v) is 4.40. The number of benzene rings is 1. The minimum Gasteiger partial charge on any atom is -0.384 e. The molecule has 1 heterocycles. The molecule has 0 saturated carbocycles. The second-order valence-electron chi connectivity index (χ2n) is 6.03. The molecule has 2 atom stereocenters. The van der Waals surface area contributed by atoms with E-state index in [2.05, 4.69) is 26.1 Å². The smallest absolute Gasteiger partial charge is 0.245 e. The molecule has 0 aliphatic carbocycles. The molecule has 0 amide bonds. The maximum Gasteiger partial charge on any atom is 0.245 e. The van der Waals surface area contributed by atoms with E-state index in [4.69, 9.17) is 0 Å². The molecular formula is C16H26N2O2S. The molecular weight excluding hydrogens is 284 g/mol. The zero-order valence-electron chi connectivity index (χ0n) is 13.2. The molecule has 1 aliphatic rings. The molecule has 0 radical (unpaired) electrons. The van der Waals surface area contributed by atoms with Crippen LogP contribution in [-0.2, 0) is 10.0 Å². The van der Waals surface area contributed by atoms with Gasteiger partial charge in [0.2, 0.25) is 10.0 Å². The Hall–Kier alpha value is -1.07. The van der Waals surface area contributed by atoms with E-state index in [1.54, 1.807) is 16.4 Å². The molecule has 4 nitrogen and oxygen atoms in total. The van der Waals surface area contributed by atoms with Gasteiger partial charge in [-0.25, -0.2) is 8.42 Å². The number of hydrogen-bond donors (Lipinski definition) is 1. The predicted octanol–water partition coefficient (Wildman–Crippen LogP) is 3.18. The van der Waals surface area contributed by atoms with Gasteiger partial charge < -0.3 is 5.32 Å². The van der Waals surface area contributed by atoms with Crippen LogP contribution in [-0.4, -0.2) is 32.4 Å². The van der Waals surface area contributed by atoms with Gasteiger partial charge >= 0.3 is 0 Å². The first-order chi connectivity index (χ1) is 9.96. The van der Waals surface area contributed by atoms with E-state index in [9.17, 15) is 8.42 Å². The van der Waals surface area contributed by atoms with Gasteiger partial charge in [-0.1, -0.05) is 32.9 Å². The fourth-order valence-electron chi connectivity index (χ4n) is 2.68. The lowest BCUT2D eigenvalue weighted by atomic mass is 9.90. The fraction of sp³-hybridized carbons (Fsp3) is 0.625. The first kappa shape index (κ1) is 16.3. The van der Waals surface area contributed by atoms with Crippen molar-refractivity contribution in [2.75, 3.05) is 25.0 Å². The Morgan fingerprint density at radius 2 is 1.95 bits per heavy atom. The minimum absolute atomic E-state index is 0.403. The number of para-hydroxylation sites is 1. The van der Waals surface area contributed by atoms with Crippen LogP contribution in [0.1, 0.15) is 33.6 Å². The van der Waals surface area contributed by atoms with Gasteiger partial charge in [-0.15, -0.1) is 0 Å². The van der Waals surface area contributed by atoms with Crippen LogP contribution in [0.2, 0.25) is 0 Å². The molecule has 0 spiro atoms. The summed E-state index contributed by atoms with van der Waals surface area (Å²) in [5, 5.41) is 3.22. The largest absolute Gasteiger partial charge is 0.384 e. The second kappa shape index (κ2) is 6.79. The Morgan fingerprint density at radius 1 is 1.24 bits per heavy atom. The van der Waals surface area contributed by atoms with Crippen molar-refractivity contribution in [3.63, 3.8) is 0 Å². The van der Waals surface area contributed by atoms with Crippen molar-refractivity contribution in [3.05, 3.63) is 24.3 Å². The number of nitrogens with one attached hydrogen (secondary N) is 1. The summed E-state index contributed by atoms with van der Waals surface area (Å²) >= 11 is 0. The summed E-state index contributed by atoms with van der Waals surface area (Å²) in [6.45, 7) is 8.41. The molecule has 1 aromatic carbocycles. The monoisotopic (exact) mass is 310 g/mol. The molecule has 2 rings (SSSR count). The van der Waals surface area contributed by atoms with Crippen LogP contribution in [0.15, 0.2) is 29.2 Å². The first-order valence-electron chi connectivity index (χ1n) is 7.80. The van der Waals surface area contributed by atoms with Gasteiger partial charge in [-0.05, 0) is 36.8 Å². The van der Waals surface area contributed by atoms with Gasteiger partial charge in [0.05, 0.1) is 5.69 Å². The molecule has 1 fully saturated rings. The van der Waals surface area contributed by atoms with E-state index < -0.39 is 10.0 Å². The van der Waals surface area contributed by atoms with Crippen molar-refractivity contribution in [1.29, 1.82) is 0 Å². The van der Waals surface area contributed by atoms with E-state index in [0.29, 0.717) is 35.5 Å². The van der Waals surface area contributed by atoms with Crippen LogP contribution >= 0.6 is 0 Å². The van der Waals surface area contributed by atoms with Crippen molar-refractivity contribution in [2.45, 2.75) is 38.5 Å². The van der Waals surface area contributed by atoms with Crippen molar-refractivity contribution in [2.24, 2.45) is 11.8 Å². The molecule has 1 saturated heterocycles. The molecule has 1 aliphatic heterocycles. The van der Waals surface area contributed by atoms with Crippen LogP contribution in [0.3, 0.4) is 0 Å². The Morgan fingerprint density at radius 3 is 2.62 bits per heavy atom. The quantitative estimate of drug-likeness (QED) is 0.909. The third kappa shape index (κ3) is 3.58. The average molecular weight is 310 g/mol. The number of sulfonamides is 1. The molecule has 0 bridgehead atoms. The number of hydrogen-bond acceptors (Lipinski definition) is 3. The highest BCUT2D eigenvalue weighted by molar-refractivity contribution is 7.89. The Balaban J connectivity index is 2.27. The van der Waals surface area contributed by atoms with Crippen molar-refractivity contribution < 1.29 is 8.42 Å². The van der Waals surface area contributed by atoms with E-state index in [1.807, 2.05) is 12.1 Å². The van der Waals surface area contributed by atoms with Crippen LogP contribution in [0.5, 0.6) is 0 Å². The van der Waals surface area contributed by atoms with E-state index >= 15 is 0 Å². The van der Waals surface area contributed by atoms with E-state index in [-0.39, 0.29) is 0 Å². The number of anilines is 1. The maximum atomic E-state index is 12.9. The molecule has 1 N–H and O–H groups in total. The lowest BCUT2D eigenvalue weighted by molar-refractivity contribution is 0.212. The highest BCUT2D eigenvalue weighted by Crippen LogP contribution is 2.30. The summed E-state index contributed by atoms with van der Waals surface area (Å²) in [5.41, 5.74) is 0.714. The van der Waals surface area contributed by atoms with Gasteiger partial charge in [0, 0.05) is 19.6 Å². The Bertz CT molecular complexity index is 571. The van der Waals surface area contributed by atoms with Crippen molar-refractivity contribution >= 4 is 15.7 Å². The zero-order valence-corrected chi connectivity index (χ0v) is 14.0. The van der Waals surface area contributed by atoms with Crippen molar-refractivity contribution in [1.82, 2.24) is 4.31 Å². The summed E-state index contributed by atoms with van der Waals surface area (Å²) in [7, 11) is -3.41. The van der Waals surface area contributed by atoms with Gasteiger partial charge in [0.1, 0.15) is 4.90 Å². The molecule has 2 unspecified atom stereocenters. The number of rotatable bonds is 5. The summed E-state index contributed by atoms with van der Waals surface area (Å²) < 4.78 is 27.5. The lowest BCUT2D eigenvalue weighted by Crippen LogP contribution is -2.42. The maximum absolute atomic E-state index is 12.9. The number of piperidine rings is 1. The topological polar surface area (TPSA) is 49.4 Å².